The molecule has 6 nitrogen and oxygen atoms in total. The quantitative estimate of drug-likeness (QED) is 0.907. The van der Waals surface area contributed by atoms with E-state index in [4.69, 9.17) is 14.2 Å². The average molecular weight is 313 g/mol. The van der Waals surface area contributed by atoms with E-state index in [0.29, 0.717) is 37.9 Å². The van der Waals surface area contributed by atoms with Gasteiger partial charge >= 0.3 is 0 Å². The summed E-state index contributed by atoms with van der Waals surface area (Å²) in [4.78, 5) is 0.185. The van der Waals surface area contributed by atoms with Crippen LogP contribution in [0.3, 0.4) is 0 Å². The minimum atomic E-state index is -3.56. The summed E-state index contributed by atoms with van der Waals surface area (Å²) in [6.07, 6.45) is 2.63. The zero-order valence-corrected chi connectivity index (χ0v) is 12.5. The summed E-state index contributed by atoms with van der Waals surface area (Å²) in [6.45, 7) is 2.11. The molecule has 1 fully saturated rings. The molecule has 0 amide bonds. The molecule has 0 bridgehead atoms. The van der Waals surface area contributed by atoms with Crippen molar-refractivity contribution in [3.8, 4) is 11.5 Å². The molecule has 1 N–H and O–H groups in total. The third-order valence-corrected chi connectivity index (χ3v) is 4.98. The van der Waals surface area contributed by atoms with Crippen LogP contribution in [0.1, 0.15) is 19.3 Å². The summed E-state index contributed by atoms with van der Waals surface area (Å²) in [7, 11) is -3.56. The van der Waals surface area contributed by atoms with Crippen LogP contribution < -0.4 is 14.2 Å². The van der Waals surface area contributed by atoms with E-state index < -0.39 is 10.0 Å². The van der Waals surface area contributed by atoms with Crippen LogP contribution in [0.5, 0.6) is 11.5 Å². The Morgan fingerprint density at radius 3 is 2.67 bits per heavy atom. The van der Waals surface area contributed by atoms with Crippen molar-refractivity contribution in [2.45, 2.75) is 30.3 Å². The minimum Gasteiger partial charge on any atom is -0.490 e. The van der Waals surface area contributed by atoms with Gasteiger partial charge in [0.25, 0.3) is 0 Å². The molecule has 7 heteroatoms. The van der Waals surface area contributed by atoms with E-state index in [1.807, 2.05) is 0 Å². The highest BCUT2D eigenvalue weighted by atomic mass is 32.2. The first-order valence-corrected chi connectivity index (χ1v) is 8.64. The van der Waals surface area contributed by atoms with Gasteiger partial charge in [0.2, 0.25) is 10.0 Å². The smallest absolute Gasteiger partial charge is 0.240 e. The first-order chi connectivity index (χ1) is 10.1. The molecule has 0 spiro atoms. The highest BCUT2D eigenvalue weighted by Gasteiger charge is 2.22. The second-order valence-corrected chi connectivity index (χ2v) is 6.91. The third-order valence-electron chi connectivity index (χ3n) is 3.55. The van der Waals surface area contributed by atoms with Crippen molar-refractivity contribution in [3.05, 3.63) is 18.2 Å². The van der Waals surface area contributed by atoms with Crippen LogP contribution in [0.15, 0.2) is 23.1 Å². The predicted molar refractivity (Wildman–Crippen MR) is 76.2 cm³/mol. The lowest BCUT2D eigenvalue weighted by Gasteiger charge is -2.13. The summed E-state index contributed by atoms with van der Waals surface area (Å²) in [5, 5.41) is 0. The summed E-state index contributed by atoms with van der Waals surface area (Å²) in [5.41, 5.74) is 0. The summed E-state index contributed by atoms with van der Waals surface area (Å²) >= 11 is 0. The van der Waals surface area contributed by atoms with E-state index in [1.165, 1.54) is 12.1 Å². The fraction of sp³-hybridized carbons (Fsp3) is 0.571. The Balaban J connectivity index is 1.73. The zero-order valence-electron chi connectivity index (χ0n) is 11.7. The van der Waals surface area contributed by atoms with Gasteiger partial charge in [0.15, 0.2) is 11.5 Å². The van der Waals surface area contributed by atoms with E-state index in [2.05, 4.69) is 4.72 Å². The molecule has 0 radical (unpaired) electrons. The van der Waals surface area contributed by atoms with Gasteiger partial charge in [-0.25, -0.2) is 13.1 Å². The molecule has 116 valence electrons. The van der Waals surface area contributed by atoms with Gasteiger partial charge in [-0.2, -0.15) is 0 Å². The van der Waals surface area contributed by atoms with E-state index in [-0.39, 0.29) is 11.0 Å². The molecule has 0 aliphatic carbocycles. The van der Waals surface area contributed by atoms with Crippen molar-refractivity contribution >= 4 is 10.0 Å². The molecule has 0 saturated carbocycles. The van der Waals surface area contributed by atoms with Gasteiger partial charge in [-0.05, 0) is 25.0 Å². The molecular formula is C14H19NO5S. The maximum atomic E-state index is 12.3. The minimum absolute atomic E-state index is 0.0276. The number of hydrogen-bond donors (Lipinski definition) is 1. The lowest BCUT2D eigenvalue weighted by atomic mass is 10.2. The van der Waals surface area contributed by atoms with Crippen LogP contribution in [0.25, 0.3) is 0 Å². The van der Waals surface area contributed by atoms with Gasteiger partial charge < -0.3 is 14.2 Å². The van der Waals surface area contributed by atoms with Crippen LogP contribution >= 0.6 is 0 Å². The average Bonchev–Trinajstić information content (AvgIpc) is 2.89. The Morgan fingerprint density at radius 1 is 1.10 bits per heavy atom. The summed E-state index contributed by atoms with van der Waals surface area (Å²) < 4.78 is 43.6. The molecule has 2 aliphatic heterocycles. The monoisotopic (exact) mass is 313 g/mol. The van der Waals surface area contributed by atoms with E-state index in [9.17, 15) is 8.42 Å². The van der Waals surface area contributed by atoms with Crippen molar-refractivity contribution in [1.29, 1.82) is 0 Å². The van der Waals surface area contributed by atoms with Gasteiger partial charge in [0, 0.05) is 25.6 Å². The summed E-state index contributed by atoms with van der Waals surface area (Å²) in [5.74, 6) is 1.07. The van der Waals surface area contributed by atoms with Crippen molar-refractivity contribution in [1.82, 2.24) is 4.72 Å². The number of fused-ring (bicyclic) bond motifs is 1. The Labute approximate surface area is 124 Å². The van der Waals surface area contributed by atoms with Crippen LogP contribution in [0.4, 0.5) is 0 Å². The van der Waals surface area contributed by atoms with E-state index >= 15 is 0 Å². The molecular weight excluding hydrogens is 294 g/mol. The maximum Gasteiger partial charge on any atom is 0.240 e. The number of nitrogens with one attached hydrogen (secondary N) is 1. The Morgan fingerprint density at radius 2 is 1.90 bits per heavy atom. The fourth-order valence-electron chi connectivity index (χ4n) is 2.40. The highest BCUT2D eigenvalue weighted by Crippen LogP contribution is 2.31. The number of ether oxygens (including phenoxy) is 3. The molecule has 0 unspecified atom stereocenters. The lowest BCUT2D eigenvalue weighted by molar-refractivity contribution is 0.114. The normalized spacial score (nSPS) is 22.0. The number of rotatable bonds is 4. The second-order valence-electron chi connectivity index (χ2n) is 5.15. The topological polar surface area (TPSA) is 73.9 Å². The standard InChI is InChI=1S/C14H19NO5S/c16-21(17,15-10-11-3-1-6-18-11)12-4-5-13-14(9-12)20-8-2-7-19-13/h4-5,9,11,15H,1-3,6-8,10H2/t11-/m0/s1. The molecule has 3 rings (SSSR count). The first-order valence-electron chi connectivity index (χ1n) is 7.16. The van der Waals surface area contributed by atoms with Crippen molar-refractivity contribution in [3.63, 3.8) is 0 Å². The van der Waals surface area contributed by atoms with Gasteiger partial charge in [-0.1, -0.05) is 0 Å². The largest absolute Gasteiger partial charge is 0.490 e. The molecule has 21 heavy (non-hydrogen) atoms. The fourth-order valence-corrected chi connectivity index (χ4v) is 3.48. The zero-order chi connectivity index (χ0) is 14.7. The van der Waals surface area contributed by atoms with Crippen LogP contribution in [-0.4, -0.2) is 40.9 Å². The van der Waals surface area contributed by atoms with Crippen molar-refractivity contribution in [2.24, 2.45) is 0 Å². The van der Waals surface area contributed by atoms with Gasteiger partial charge in [-0.3, -0.25) is 0 Å². The first kappa shape index (κ1) is 14.6. The Bertz CT molecular complexity index is 595. The molecule has 1 aromatic carbocycles. The summed E-state index contributed by atoms with van der Waals surface area (Å²) in [6, 6.07) is 4.69. The molecule has 1 aromatic rings. The van der Waals surface area contributed by atoms with Gasteiger partial charge in [-0.15, -0.1) is 0 Å². The van der Waals surface area contributed by atoms with Crippen LogP contribution in [-0.2, 0) is 14.8 Å². The Hall–Kier alpha value is -1.31. The lowest BCUT2D eigenvalue weighted by Crippen LogP contribution is -2.31. The third kappa shape index (κ3) is 3.48. The predicted octanol–water partition coefficient (Wildman–Crippen LogP) is 1.31. The van der Waals surface area contributed by atoms with Crippen molar-refractivity contribution in [2.75, 3.05) is 26.4 Å². The van der Waals surface area contributed by atoms with Crippen LogP contribution in [0.2, 0.25) is 0 Å². The second kappa shape index (κ2) is 6.21. The van der Waals surface area contributed by atoms with E-state index in [1.54, 1.807) is 6.07 Å². The number of benzene rings is 1. The molecule has 2 aliphatic rings. The number of hydrogen-bond acceptors (Lipinski definition) is 5. The van der Waals surface area contributed by atoms with Crippen LogP contribution in [0, 0.1) is 0 Å². The van der Waals surface area contributed by atoms with Crippen molar-refractivity contribution < 1.29 is 22.6 Å². The highest BCUT2D eigenvalue weighted by molar-refractivity contribution is 7.89. The van der Waals surface area contributed by atoms with E-state index in [0.717, 1.165) is 19.3 Å². The SMILES string of the molecule is O=S(=O)(NC[C@@H]1CCCO1)c1ccc2c(c1)OCCCO2. The van der Waals surface area contributed by atoms with Gasteiger partial charge in [0.1, 0.15) is 0 Å². The van der Waals surface area contributed by atoms with Gasteiger partial charge in [0.05, 0.1) is 24.2 Å². The molecule has 2 heterocycles. The Kier molecular flexibility index (Phi) is 4.32. The number of sulfonamides is 1. The molecule has 1 saturated heterocycles. The molecule has 1 atom stereocenters. The maximum absolute atomic E-state index is 12.3. The molecule has 0 aromatic heterocycles.